The Hall–Kier alpha value is -5.86. The van der Waals surface area contributed by atoms with E-state index < -0.39 is 104 Å². The summed E-state index contributed by atoms with van der Waals surface area (Å²) in [5.41, 5.74) is -3.80. The van der Waals surface area contributed by atoms with Gasteiger partial charge in [0.05, 0.1) is 50.0 Å². The summed E-state index contributed by atoms with van der Waals surface area (Å²) in [7, 11) is 5.47. The van der Waals surface area contributed by atoms with Crippen molar-refractivity contribution in [1.29, 1.82) is 0 Å². The highest BCUT2D eigenvalue weighted by Gasteiger charge is 2.76. The van der Waals surface area contributed by atoms with Crippen LogP contribution in [0.4, 0.5) is 27.6 Å². The molecule has 3 aromatic carbocycles. The Morgan fingerprint density at radius 1 is 0.836 bits per heavy atom. The molecule has 0 spiro atoms. The van der Waals surface area contributed by atoms with Crippen LogP contribution in [-0.4, -0.2) is 71.5 Å². The van der Waals surface area contributed by atoms with Gasteiger partial charge in [-0.25, -0.2) is 55.4 Å². The van der Waals surface area contributed by atoms with Gasteiger partial charge in [-0.15, -0.1) is 23.2 Å². The van der Waals surface area contributed by atoms with Crippen molar-refractivity contribution in [2.24, 2.45) is 7.05 Å². The van der Waals surface area contributed by atoms with E-state index in [1.165, 1.54) is 31.9 Å². The number of halogens is 8. The highest BCUT2D eigenvalue weighted by atomic mass is 35.5. The molecule has 1 saturated heterocycles. The lowest BCUT2D eigenvalue weighted by molar-refractivity contribution is -0.122. The van der Waals surface area contributed by atoms with Crippen LogP contribution >= 0.6 is 34.8 Å². The van der Waals surface area contributed by atoms with Gasteiger partial charge in [0, 0.05) is 44.5 Å². The number of allylic oxidation sites excluding steroid dienone is 2. The number of hydrogen-bond donors (Lipinski definition) is 1. The second-order valence-corrected chi connectivity index (χ2v) is 15.9. The van der Waals surface area contributed by atoms with Crippen LogP contribution in [0.2, 0.25) is 5.02 Å². The summed E-state index contributed by atoms with van der Waals surface area (Å²) >= 11 is 20.6. The fraction of sp³-hybridized carbons (Fsp3) is 0.316. The van der Waals surface area contributed by atoms with E-state index in [2.05, 4.69) is 4.98 Å². The first-order valence-corrected chi connectivity index (χ1v) is 19.0. The van der Waals surface area contributed by atoms with E-state index in [9.17, 15) is 42.3 Å². The Labute approximate surface area is 353 Å². The number of methoxy groups -OCH3 is 3. The van der Waals surface area contributed by atoms with Gasteiger partial charge in [-0.05, 0) is 23.3 Å². The third kappa shape index (κ3) is 5.60. The summed E-state index contributed by atoms with van der Waals surface area (Å²) < 4.78 is 94.0. The van der Waals surface area contributed by atoms with Gasteiger partial charge in [0.2, 0.25) is 5.82 Å². The smallest absolute Gasteiger partial charge is 0.347 e. The molecule has 23 heteroatoms. The maximum atomic E-state index is 15.4. The number of carbonyl (C=O) groups excluding carboxylic acids is 2. The van der Waals surface area contributed by atoms with E-state index in [0.29, 0.717) is 22.5 Å². The van der Waals surface area contributed by atoms with Crippen LogP contribution in [0.15, 0.2) is 50.3 Å². The van der Waals surface area contributed by atoms with Gasteiger partial charge in [-0.1, -0.05) is 17.7 Å². The molecule has 320 valence electrons. The first kappa shape index (κ1) is 41.9. The second-order valence-electron chi connectivity index (χ2n) is 14.3. The number of amides is 2. The van der Waals surface area contributed by atoms with Crippen molar-refractivity contribution in [3.8, 4) is 23.0 Å². The quantitative estimate of drug-likeness (QED) is 0.0581. The summed E-state index contributed by atoms with van der Waals surface area (Å²) in [6.45, 7) is -0.783. The third-order valence-electron chi connectivity index (χ3n) is 11.4. The number of benzene rings is 3. The molecule has 0 radical (unpaired) electrons. The average molecular weight is 914 g/mol. The molecule has 0 bridgehead atoms. The SMILES string of the molecule is COc1cc2nc(CCn3c(=O)n4n(c3=O)[C@@H]3C[C@@]5(Cl)C(=O)N(c6c(F)c(F)c(F)c(F)c6F)C(=O)[C@@]5(Cl)[C@@H](c5cc(Cl)c(O)c(OC)c5)C3=CC4)c(=O)n(C)c2cc1OC. The normalized spacial score (nSPS) is 22.0. The van der Waals surface area contributed by atoms with E-state index in [0.717, 1.165) is 33.2 Å². The Balaban J connectivity index is 1.27. The fourth-order valence-corrected chi connectivity index (χ4v) is 9.58. The van der Waals surface area contributed by atoms with E-state index >= 15 is 8.78 Å². The van der Waals surface area contributed by atoms with Crippen LogP contribution < -0.4 is 36.0 Å². The first-order valence-electron chi connectivity index (χ1n) is 17.9. The summed E-state index contributed by atoms with van der Waals surface area (Å²) in [6, 6.07) is 3.88. The summed E-state index contributed by atoms with van der Waals surface area (Å²) in [6.07, 6.45) is 0.278. The van der Waals surface area contributed by atoms with Gasteiger partial charge in [0.15, 0.2) is 56.0 Å². The molecule has 8 rings (SSSR count). The maximum Gasteiger partial charge on any atom is 0.347 e. The molecule has 61 heavy (non-hydrogen) atoms. The van der Waals surface area contributed by atoms with E-state index in [1.807, 2.05) is 0 Å². The molecule has 2 fully saturated rings. The zero-order chi connectivity index (χ0) is 44.4. The number of aromatic nitrogens is 5. The van der Waals surface area contributed by atoms with Gasteiger partial charge >= 0.3 is 11.4 Å². The Bertz CT molecular complexity index is 3000. The molecular formula is C38H28Cl3F5N6O9. The minimum absolute atomic E-state index is 0.0317. The number of nitrogens with zero attached hydrogens (tertiary/aromatic N) is 6. The summed E-state index contributed by atoms with van der Waals surface area (Å²) in [5, 5.41) is 10.2. The molecule has 2 aliphatic heterocycles. The van der Waals surface area contributed by atoms with Crippen molar-refractivity contribution in [1.82, 2.24) is 23.5 Å². The van der Waals surface area contributed by atoms with Crippen LogP contribution in [-0.2, 0) is 36.1 Å². The average Bonchev–Trinajstić information content (AvgIpc) is 3.57. The lowest BCUT2D eigenvalue weighted by Gasteiger charge is -2.49. The third-order valence-corrected chi connectivity index (χ3v) is 13.1. The topological polar surface area (TPSA) is 169 Å². The molecule has 1 N–H and O–H groups in total. The number of aromatic hydroxyl groups is 1. The number of carbonyl (C=O) groups is 2. The molecule has 5 aromatic rings. The van der Waals surface area contributed by atoms with Crippen molar-refractivity contribution < 1.29 is 50.9 Å². The zero-order valence-corrected chi connectivity index (χ0v) is 34.1. The second kappa shape index (κ2) is 14.4. The number of phenolic OH excluding ortho intramolecular Hbond substituents is 1. The Morgan fingerprint density at radius 2 is 1.44 bits per heavy atom. The first-order chi connectivity index (χ1) is 28.8. The zero-order valence-electron chi connectivity index (χ0n) is 31.8. The number of alkyl halides is 2. The van der Waals surface area contributed by atoms with Gasteiger partial charge < -0.3 is 23.9 Å². The lowest BCUT2D eigenvalue weighted by atomic mass is 9.64. The summed E-state index contributed by atoms with van der Waals surface area (Å²) in [5.74, 6) is -18.0. The largest absolute Gasteiger partial charge is 0.503 e. The number of hydrogen-bond acceptors (Lipinski definition) is 10. The number of phenols is 1. The molecule has 4 heterocycles. The molecule has 2 aromatic heterocycles. The lowest BCUT2D eigenvalue weighted by Crippen LogP contribution is -2.59. The molecule has 1 saturated carbocycles. The predicted octanol–water partition coefficient (Wildman–Crippen LogP) is 4.58. The predicted molar refractivity (Wildman–Crippen MR) is 207 cm³/mol. The molecule has 0 unspecified atom stereocenters. The number of fused-ring (bicyclic) bond motifs is 5. The molecule has 3 aliphatic rings. The van der Waals surface area contributed by atoms with Crippen molar-refractivity contribution in [2.45, 2.75) is 47.6 Å². The van der Waals surface area contributed by atoms with Crippen molar-refractivity contribution in [2.75, 3.05) is 26.2 Å². The Kier molecular flexibility index (Phi) is 9.86. The van der Waals surface area contributed by atoms with Gasteiger partial charge in [0.25, 0.3) is 17.4 Å². The minimum atomic E-state index is -2.87. The number of rotatable bonds is 8. The molecule has 4 atom stereocenters. The highest BCUT2D eigenvalue weighted by molar-refractivity contribution is 6.58. The standard InChI is InChI=1S/C38H28Cl3F5N6O9/c1-48-19-12-22(60-3)21(59-2)11-18(19)47-17(32(48)54)6-7-49-35(57)50-8-5-15-20(52(50)36(49)58)13-37(40)33(55)51(30-28(45)26(43)25(42)27(44)29(30)46)34(56)38(37,41)24(15)14-9-16(39)31(53)23(10-14)61-4/h5,9-12,20,24,53H,6-8,13H2,1-4H3/t20-,24+,37-,38+/m1/s1. The van der Waals surface area contributed by atoms with E-state index in [1.54, 1.807) is 12.1 Å². The van der Waals surface area contributed by atoms with E-state index in [4.69, 9.17) is 49.0 Å². The highest BCUT2D eigenvalue weighted by Crippen LogP contribution is 2.64. The van der Waals surface area contributed by atoms with E-state index in [-0.39, 0.29) is 45.5 Å². The molecular weight excluding hydrogens is 886 g/mol. The monoisotopic (exact) mass is 912 g/mol. The molecule has 2 amide bonds. The van der Waals surface area contributed by atoms with Crippen LogP contribution in [0.1, 0.15) is 29.6 Å². The summed E-state index contributed by atoms with van der Waals surface area (Å²) in [4.78, 5) is 69.2. The maximum absolute atomic E-state index is 15.4. The van der Waals surface area contributed by atoms with Crippen LogP contribution in [0.5, 0.6) is 23.0 Å². The Morgan fingerprint density at radius 3 is 2.07 bits per heavy atom. The minimum Gasteiger partial charge on any atom is -0.503 e. The van der Waals surface area contributed by atoms with Crippen LogP contribution in [0, 0.1) is 29.1 Å². The van der Waals surface area contributed by atoms with Gasteiger partial charge in [-0.2, -0.15) is 0 Å². The van der Waals surface area contributed by atoms with Crippen molar-refractivity contribution in [3.63, 3.8) is 0 Å². The number of ether oxygens (including phenoxy) is 3. The van der Waals surface area contributed by atoms with Gasteiger partial charge in [-0.3, -0.25) is 14.4 Å². The number of imide groups is 1. The number of aryl methyl sites for hydroxylation is 2. The molecule has 15 nitrogen and oxygen atoms in total. The number of anilines is 1. The molecule has 1 aliphatic carbocycles. The van der Waals surface area contributed by atoms with Crippen LogP contribution in [0.3, 0.4) is 0 Å². The van der Waals surface area contributed by atoms with Crippen LogP contribution in [0.25, 0.3) is 11.0 Å². The fourth-order valence-electron chi connectivity index (χ4n) is 8.45. The van der Waals surface area contributed by atoms with Gasteiger partial charge in [0.1, 0.15) is 11.4 Å². The van der Waals surface area contributed by atoms with Crippen molar-refractivity contribution in [3.05, 3.63) is 113 Å². The van der Waals surface area contributed by atoms with Crippen molar-refractivity contribution >= 4 is 63.3 Å².